The van der Waals surface area contributed by atoms with Gasteiger partial charge in [-0.2, -0.15) is 18.4 Å². The SMILES string of the molecule is CC1(C)[C@H](NC(=O)c2ccc(N3CCN(CCNc4cccc5c4C(=O)N(C4CCC(C(F)(F)F)NC4=O)C5=O)CC3)cc2)C(C)(C)[C@H]1Oc1ccc(C#N)c(Cl)c1. The number of piperidine rings is 1. The number of carbonyl (C=O) groups excluding carboxylic acids is 4. The van der Waals surface area contributed by atoms with E-state index >= 15 is 0 Å². The van der Waals surface area contributed by atoms with Crippen LogP contribution in [0.1, 0.15) is 77.2 Å². The Morgan fingerprint density at radius 2 is 1.66 bits per heavy atom. The number of nitrogens with one attached hydrogen (secondary N) is 3. The van der Waals surface area contributed by atoms with Crippen molar-refractivity contribution in [1.82, 2.24) is 20.4 Å². The predicted molar refractivity (Wildman–Crippen MR) is 211 cm³/mol. The number of imide groups is 1. The molecule has 2 unspecified atom stereocenters. The summed E-state index contributed by atoms with van der Waals surface area (Å²) in [5.74, 6) is -2.00. The summed E-state index contributed by atoms with van der Waals surface area (Å²) in [4.78, 5) is 58.1. The van der Waals surface area contributed by atoms with Crippen molar-refractivity contribution < 1.29 is 37.1 Å². The van der Waals surface area contributed by atoms with Crippen LogP contribution in [0.3, 0.4) is 0 Å². The zero-order valence-electron chi connectivity index (χ0n) is 32.6. The topological polar surface area (TPSA) is 147 Å². The zero-order valence-corrected chi connectivity index (χ0v) is 33.3. The normalized spacial score (nSPS) is 24.0. The molecule has 0 bridgehead atoms. The summed E-state index contributed by atoms with van der Waals surface area (Å²) >= 11 is 6.23. The highest BCUT2D eigenvalue weighted by Crippen LogP contribution is 2.55. The maximum atomic E-state index is 13.5. The highest BCUT2D eigenvalue weighted by Gasteiger charge is 2.64. The molecular formula is C42H45ClF3N7O5. The molecule has 12 nitrogen and oxygen atoms in total. The van der Waals surface area contributed by atoms with Gasteiger partial charge in [0.2, 0.25) is 5.91 Å². The third-order valence-corrected chi connectivity index (χ3v) is 12.4. The van der Waals surface area contributed by atoms with Gasteiger partial charge in [-0.1, -0.05) is 45.4 Å². The maximum absolute atomic E-state index is 13.5. The number of hydrogen-bond donors (Lipinski definition) is 3. The standard InChI is InChI=1S/C42H45ClF3N7O5/c1-40(2)38(41(3,4)39(40)58-27-13-10-25(23-47)29(43)22-27)50-34(54)24-8-11-26(12-9-24)52-20-18-51(19-21-52)17-16-48-30-7-5-6-28-33(30)37(57)53(36(28)56)31-14-15-32(42(44,45)46)49-35(31)55/h5-13,22,31-32,38-39,48H,14-21H2,1-4H3,(H,49,55)(H,50,54)/t31?,32?,38-,39-. The summed E-state index contributed by atoms with van der Waals surface area (Å²) < 4.78 is 45.9. The molecule has 4 amide bonds. The van der Waals surface area contributed by atoms with E-state index in [9.17, 15) is 37.6 Å². The minimum absolute atomic E-state index is 0.110. The molecule has 3 aliphatic heterocycles. The maximum Gasteiger partial charge on any atom is 0.408 e. The van der Waals surface area contributed by atoms with Crippen LogP contribution in [0.5, 0.6) is 5.75 Å². The molecule has 3 fully saturated rings. The molecule has 2 saturated heterocycles. The smallest absolute Gasteiger partial charge is 0.408 e. The van der Waals surface area contributed by atoms with Crippen LogP contribution in [-0.2, 0) is 4.79 Å². The van der Waals surface area contributed by atoms with Crippen molar-refractivity contribution in [2.45, 2.75) is 70.9 Å². The molecule has 1 aliphatic carbocycles. The monoisotopic (exact) mass is 819 g/mol. The first-order valence-electron chi connectivity index (χ1n) is 19.3. The van der Waals surface area contributed by atoms with Gasteiger partial charge in [-0.3, -0.25) is 29.0 Å². The minimum Gasteiger partial charge on any atom is -0.489 e. The van der Waals surface area contributed by atoms with E-state index < -0.39 is 53.2 Å². The molecule has 16 heteroatoms. The summed E-state index contributed by atoms with van der Waals surface area (Å²) in [6.45, 7) is 12.4. The average Bonchev–Trinajstić information content (AvgIpc) is 3.44. The largest absolute Gasteiger partial charge is 0.489 e. The van der Waals surface area contributed by atoms with Crippen molar-refractivity contribution in [2.75, 3.05) is 49.5 Å². The van der Waals surface area contributed by atoms with Gasteiger partial charge in [0, 0.05) is 79.1 Å². The number of piperazine rings is 1. The van der Waals surface area contributed by atoms with Crippen LogP contribution in [0.15, 0.2) is 60.7 Å². The molecule has 7 rings (SSSR count). The summed E-state index contributed by atoms with van der Waals surface area (Å²) in [7, 11) is 0. The van der Waals surface area contributed by atoms with Crippen LogP contribution in [0, 0.1) is 22.2 Å². The Labute approximate surface area is 339 Å². The Kier molecular flexibility index (Phi) is 10.9. The predicted octanol–water partition coefficient (Wildman–Crippen LogP) is 5.86. The summed E-state index contributed by atoms with van der Waals surface area (Å²) in [5.41, 5.74) is 1.80. The summed E-state index contributed by atoms with van der Waals surface area (Å²) in [6.07, 6.45) is -5.53. The molecule has 0 aromatic heterocycles. The van der Waals surface area contributed by atoms with Crippen molar-refractivity contribution >= 4 is 46.6 Å². The van der Waals surface area contributed by atoms with Crippen LogP contribution >= 0.6 is 11.6 Å². The van der Waals surface area contributed by atoms with Crippen molar-refractivity contribution in [1.29, 1.82) is 5.26 Å². The Balaban J connectivity index is 0.882. The third-order valence-electron chi connectivity index (χ3n) is 12.0. The highest BCUT2D eigenvalue weighted by molar-refractivity contribution is 6.31. The molecule has 4 aliphatic rings. The second-order valence-corrected chi connectivity index (χ2v) is 16.9. The minimum atomic E-state index is -4.61. The molecule has 3 heterocycles. The molecule has 306 valence electrons. The van der Waals surface area contributed by atoms with Gasteiger partial charge < -0.3 is 25.6 Å². The quantitative estimate of drug-likeness (QED) is 0.214. The summed E-state index contributed by atoms with van der Waals surface area (Å²) in [5, 5.41) is 17.9. The Morgan fingerprint density at radius 3 is 2.28 bits per heavy atom. The molecule has 3 aromatic carbocycles. The molecule has 2 atom stereocenters. The van der Waals surface area contributed by atoms with Gasteiger partial charge in [0.25, 0.3) is 17.7 Å². The first kappa shape index (κ1) is 40.9. The summed E-state index contributed by atoms with van der Waals surface area (Å²) in [6, 6.07) is 15.9. The lowest BCUT2D eigenvalue weighted by Gasteiger charge is -2.63. The van der Waals surface area contributed by atoms with Crippen LogP contribution in [-0.4, -0.2) is 103 Å². The highest BCUT2D eigenvalue weighted by atomic mass is 35.5. The lowest BCUT2D eigenvalue weighted by Crippen LogP contribution is -2.74. The zero-order chi connectivity index (χ0) is 41.7. The first-order valence-corrected chi connectivity index (χ1v) is 19.7. The number of rotatable bonds is 10. The van der Waals surface area contributed by atoms with Crippen molar-refractivity contribution in [3.05, 3.63) is 87.9 Å². The van der Waals surface area contributed by atoms with E-state index in [4.69, 9.17) is 16.3 Å². The van der Waals surface area contributed by atoms with E-state index in [1.165, 1.54) is 6.07 Å². The van der Waals surface area contributed by atoms with Gasteiger partial charge >= 0.3 is 6.18 Å². The second-order valence-electron chi connectivity index (χ2n) is 16.5. The van der Waals surface area contributed by atoms with Crippen molar-refractivity contribution in [3.8, 4) is 11.8 Å². The van der Waals surface area contributed by atoms with Crippen LogP contribution < -0.4 is 25.6 Å². The Morgan fingerprint density at radius 1 is 0.966 bits per heavy atom. The molecule has 1 saturated carbocycles. The number of fused-ring (bicyclic) bond motifs is 1. The van der Waals surface area contributed by atoms with Crippen molar-refractivity contribution in [2.24, 2.45) is 10.8 Å². The third kappa shape index (κ3) is 7.55. The molecule has 0 spiro atoms. The van der Waals surface area contributed by atoms with Gasteiger partial charge in [-0.15, -0.1) is 0 Å². The van der Waals surface area contributed by atoms with Crippen LogP contribution in [0.2, 0.25) is 5.02 Å². The number of halogens is 4. The van der Waals surface area contributed by atoms with Gasteiger partial charge in [-0.25, -0.2) is 0 Å². The number of anilines is 2. The molecule has 3 aromatic rings. The number of nitrogens with zero attached hydrogens (tertiary/aromatic N) is 4. The molecule has 58 heavy (non-hydrogen) atoms. The Bertz CT molecular complexity index is 2150. The number of nitriles is 1. The van der Waals surface area contributed by atoms with Gasteiger partial charge in [0.15, 0.2) is 0 Å². The van der Waals surface area contributed by atoms with Crippen LogP contribution in [0.25, 0.3) is 0 Å². The van der Waals surface area contributed by atoms with E-state index in [0.717, 1.165) is 36.8 Å². The number of benzene rings is 3. The number of amides is 4. The van der Waals surface area contributed by atoms with E-state index in [1.807, 2.05) is 29.6 Å². The van der Waals surface area contributed by atoms with E-state index in [2.05, 4.69) is 54.2 Å². The van der Waals surface area contributed by atoms with E-state index in [-0.39, 0.29) is 35.6 Å². The fourth-order valence-corrected chi connectivity index (χ4v) is 9.45. The number of hydrogen-bond acceptors (Lipinski definition) is 9. The van der Waals surface area contributed by atoms with E-state index in [0.29, 0.717) is 40.7 Å². The fraction of sp³-hybridized carbons (Fsp3) is 0.452. The van der Waals surface area contributed by atoms with Gasteiger partial charge in [-0.05, 0) is 61.4 Å². The average molecular weight is 820 g/mol. The lowest BCUT2D eigenvalue weighted by atomic mass is 9.49. The van der Waals surface area contributed by atoms with Crippen molar-refractivity contribution in [3.63, 3.8) is 0 Å². The van der Waals surface area contributed by atoms with E-state index in [1.54, 1.807) is 30.3 Å². The molecular weight excluding hydrogens is 775 g/mol. The first-order chi connectivity index (χ1) is 27.4. The van der Waals surface area contributed by atoms with Gasteiger partial charge in [0.05, 0.1) is 21.7 Å². The number of ether oxygens (including phenoxy) is 1. The molecule has 3 N–H and O–H groups in total. The number of alkyl halides is 3. The lowest BCUT2D eigenvalue weighted by molar-refractivity contribution is -0.169. The Hall–Kier alpha value is -5.33. The molecule has 0 radical (unpaired) electrons. The van der Waals surface area contributed by atoms with Gasteiger partial charge in [0.1, 0.15) is 30.0 Å². The number of carbonyl (C=O) groups is 4. The fourth-order valence-electron chi connectivity index (χ4n) is 9.23. The van der Waals surface area contributed by atoms with Crippen LogP contribution in [0.4, 0.5) is 24.5 Å². The second kappa shape index (κ2) is 15.4.